The Morgan fingerprint density at radius 1 is 1.53 bits per heavy atom. The molecule has 2 aromatic rings. The van der Waals surface area contributed by atoms with Crippen LogP contribution in [0.4, 0.5) is 0 Å². The highest BCUT2D eigenvalue weighted by Crippen LogP contribution is 2.30. The molecule has 0 bridgehead atoms. The maximum atomic E-state index is 8.93. The molecule has 1 unspecified atom stereocenters. The Bertz CT molecular complexity index is 450. The smallest absolute Gasteiger partial charge is 0.112 e. The molecule has 0 saturated heterocycles. The number of aromatic nitrogens is 1. The summed E-state index contributed by atoms with van der Waals surface area (Å²) in [6, 6.07) is 1.72. The Hall–Kier alpha value is -0.750. The number of aliphatic hydroxyl groups is 1. The van der Waals surface area contributed by atoms with Gasteiger partial charge in [0, 0.05) is 5.38 Å². The lowest BCUT2D eigenvalue weighted by atomic mass is 10.2. The number of aliphatic hydroxyl groups excluding tert-OH is 1. The molecule has 2 aromatic heterocycles. The van der Waals surface area contributed by atoms with Crippen LogP contribution in [0, 0.1) is 6.92 Å². The molecule has 0 aliphatic carbocycles. The van der Waals surface area contributed by atoms with E-state index in [4.69, 9.17) is 10.8 Å². The first-order valence-corrected chi connectivity index (χ1v) is 6.34. The minimum Gasteiger partial charge on any atom is -0.394 e. The van der Waals surface area contributed by atoms with Gasteiger partial charge < -0.3 is 10.8 Å². The van der Waals surface area contributed by atoms with Crippen LogP contribution < -0.4 is 5.73 Å². The van der Waals surface area contributed by atoms with Gasteiger partial charge in [0.25, 0.3) is 0 Å². The SMILES string of the molecule is Cc1ccsc1-c1csc(C(N)CO)n1. The van der Waals surface area contributed by atoms with E-state index >= 15 is 0 Å². The molecule has 0 aromatic carbocycles. The van der Waals surface area contributed by atoms with Gasteiger partial charge in [-0.1, -0.05) is 0 Å². The topological polar surface area (TPSA) is 59.1 Å². The molecule has 2 rings (SSSR count). The van der Waals surface area contributed by atoms with Crippen LogP contribution in [-0.2, 0) is 0 Å². The zero-order chi connectivity index (χ0) is 10.8. The number of hydrogen-bond acceptors (Lipinski definition) is 5. The summed E-state index contributed by atoms with van der Waals surface area (Å²) in [6.45, 7) is 2.01. The summed E-state index contributed by atoms with van der Waals surface area (Å²) in [5.41, 5.74) is 7.90. The van der Waals surface area contributed by atoms with Gasteiger partial charge in [-0.3, -0.25) is 0 Å². The fourth-order valence-corrected chi connectivity index (χ4v) is 3.04. The molecular formula is C10H12N2OS2. The third-order valence-electron chi connectivity index (χ3n) is 2.13. The second-order valence-corrected chi connectivity index (χ2v) is 5.10. The van der Waals surface area contributed by atoms with E-state index in [2.05, 4.69) is 23.4 Å². The van der Waals surface area contributed by atoms with Crippen molar-refractivity contribution >= 4 is 22.7 Å². The minimum absolute atomic E-state index is 0.0592. The summed E-state index contributed by atoms with van der Waals surface area (Å²) in [5.74, 6) is 0. The van der Waals surface area contributed by atoms with Crippen molar-refractivity contribution < 1.29 is 5.11 Å². The molecule has 3 nitrogen and oxygen atoms in total. The molecule has 0 radical (unpaired) electrons. The molecule has 0 fully saturated rings. The van der Waals surface area contributed by atoms with Crippen molar-refractivity contribution in [1.29, 1.82) is 0 Å². The average molecular weight is 240 g/mol. The summed E-state index contributed by atoms with van der Waals surface area (Å²) in [6.07, 6.45) is 0. The van der Waals surface area contributed by atoms with E-state index in [1.54, 1.807) is 11.3 Å². The van der Waals surface area contributed by atoms with E-state index in [0.717, 1.165) is 10.7 Å². The van der Waals surface area contributed by atoms with Gasteiger partial charge in [0.15, 0.2) is 0 Å². The number of aryl methyl sites for hydroxylation is 1. The van der Waals surface area contributed by atoms with Gasteiger partial charge in [0.05, 0.1) is 23.2 Å². The quantitative estimate of drug-likeness (QED) is 0.864. The standard InChI is InChI=1S/C10H12N2OS2/c1-6-2-3-14-9(6)8-5-15-10(12-8)7(11)4-13/h2-3,5,7,13H,4,11H2,1H3. The molecular weight excluding hydrogens is 228 g/mol. The molecule has 15 heavy (non-hydrogen) atoms. The van der Waals surface area contributed by atoms with E-state index < -0.39 is 0 Å². The van der Waals surface area contributed by atoms with Crippen LogP contribution in [0.1, 0.15) is 16.6 Å². The van der Waals surface area contributed by atoms with E-state index in [9.17, 15) is 0 Å². The first-order chi connectivity index (χ1) is 7.22. The van der Waals surface area contributed by atoms with Crippen molar-refractivity contribution in [3.05, 3.63) is 27.4 Å². The summed E-state index contributed by atoms with van der Waals surface area (Å²) >= 11 is 3.18. The Morgan fingerprint density at radius 3 is 2.93 bits per heavy atom. The van der Waals surface area contributed by atoms with Gasteiger partial charge in [-0.05, 0) is 23.9 Å². The monoisotopic (exact) mass is 240 g/mol. The number of nitrogens with two attached hydrogens (primary N) is 1. The lowest BCUT2D eigenvalue weighted by Gasteiger charge is -2.01. The van der Waals surface area contributed by atoms with Gasteiger partial charge >= 0.3 is 0 Å². The van der Waals surface area contributed by atoms with E-state index in [1.807, 2.05) is 5.38 Å². The maximum absolute atomic E-state index is 8.93. The van der Waals surface area contributed by atoms with Gasteiger partial charge in [-0.25, -0.2) is 4.98 Å². The summed E-state index contributed by atoms with van der Waals surface area (Å²) < 4.78 is 0. The summed E-state index contributed by atoms with van der Waals surface area (Å²) in [4.78, 5) is 5.61. The van der Waals surface area contributed by atoms with Crippen molar-refractivity contribution in [1.82, 2.24) is 4.98 Å². The number of rotatable bonds is 3. The molecule has 0 aliphatic rings. The third kappa shape index (κ3) is 2.10. The predicted octanol–water partition coefficient (Wildman–Crippen LogP) is 2.17. The maximum Gasteiger partial charge on any atom is 0.112 e. The highest BCUT2D eigenvalue weighted by Gasteiger charge is 2.12. The van der Waals surface area contributed by atoms with Crippen LogP contribution in [0.25, 0.3) is 10.6 Å². The van der Waals surface area contributed by atoms with Crippen molar-refractivity contribution in [3.8, 4) is 10.6 Å². The molecule has 0 aliphatic heterocycles. The molecule has 1 atom stereocenters. The molecule has 0 amide bonds. The number of thiazole rings is 1. The van der Waals surface area contributed by atoms with Gasteiger partial charge in [-0.15, -0.1) is 22.7 Å². The van der Waals surface area contributed by atoms with Crippen LogP contribution in [0.2, 0.25) is 0 Å². The van der Waals surface area contributed by atoms with E-state index in [-0.39, 0.29) is 12.6 Å². The normalized spacial score (nSPS) is 13.0. The molecule has 0 saturated carbocycles. The van der Waals surface area contributed by atoms with Crippen LogP contribution in [0.3, 0.4) is 0 Å². The Kier molecular flexibility index (Phi) is 3.16. The summed E-state index contributed by atoms with van der Waals surface area (Å²) in [7, 11) is 0. The molecule has 5 heteroatoms. The number of thiophene rings is 1. The molecule has 3 N–H and O–H groups in total. The Balaban J connectivity index is 2.32. The second kappa shape index (κ2) is 4.40. The Labute approximate surface area is 96.2 Å². The largest absolute Gasteiger partial charge is 0.394 e. The zero-order valence-corrected chi connectivity index (χ0v) is 9.94. The predicted molar refractivity (Wildman–Crippen MR) is 64.2 cm³/mol. The van der Waals surface area contributed by atoms with Crippen LogP contribution >= 0.6 is 22.7 Å². The van der Waals surface area contributed by atoms with Crippen molar-refractivity contribution in [2.75, 3.05) is 6.61 Å². The fraction of sp³-hybridized carbons (Fsp3) is 0.300. The minimum atomic E-state index is -0.357. The zero-order valence-electron chi connectivity index (χ0n) is 8.30. The molecule has 80 valence electrons. The highest BCUT2D eigenvalue weighted by molar-refractivity contribution is 7.14. The highest BCUT2D eigenvalue weighted by atomic mass is 32.1. The lowest BCUT2D eigenvalue weighted by Crippen LogP contribution is -2.13. The third-order valence-corrected chi connectivity index (χ3v) is 4.15. The first-order valence-electron chi connectivity index (χ1n) is 4.58. The summed E-state index contributed by atoms with van der Waals surface area (Å²) in [5, 5.41) is 13.8. The van der Waals surface area contributed by atoms with Crippen LogP contribution in [-0.4, -0.2) is 16.7 Å². The van der Waals surface area contributed by atoms with Crippen LogP contribution in [0.5, 0.6) is 0 Å². The van der Waals surface area contributed by atoms with Crippen molar-refractivity contribution in [3.63, 3.8) is 0 Å². The second-order valence-electron chi connectivity index (χ2n) is 3.29. The van der Waals surface area contributed by atoms with E-state index in [1.165, 1.54) is 21.8 Å². The average Bonchev–Trinajstić information content (AvgIpc) is 2.84. The van der Waals surface area contributed by atoms with Crippen molar-refractivity contribution in [2.24, 2.45) is 5.73 Å². The Morgan fingerprint density at radius 2 is 2.33 bits per heavy atom. The lowest BCUT2D eigenvalue weighted by molar-refractivity contribution is 0.268. The van der Waals surface area contributed by atoms with Gasteiger partial charge in [0.2, 0.25) is 0 Å². The number of nitrogens with zero attached hydrogens (tertiary/aromatic N) is 1. The molecule has 0 spiro atoms. The van der Waals surface area contributed by atoms with Crippen LogP contribution in [0.15, 0.2) is 16.8 Å². The fourth-order valence-electron chi connectivity index (χ4n) is 1.28. The first kappa shape index (κ1) is 10.8. The van der Waals surface area contributed by atoms with Gasteiger partial charge in [-0.2, -0.15) is 0 Å². The van der Waals surface area contributed by atoms with Crippen molar-refractivity contribution in [2.45, 2.75) is 13.0 Å². The van der Waals surface area contributed by atoms with E-state index in [0.29, 0.717) is 0 Å². The van der Waals surface area contributed by atoms with Gasteiger partial charge in [0.1, 0.15) is 5.01 Å². The molecule has 2 heterocycles. The number of hydrogen-bond donors (Lipinski definition) is 2.